The van der Waals surface area contributed by atoms with E-state index in [0.717, 1.165) is 6.07 Å². The number of benzene rings is 2. The molecule has 0 bridgehead atoms. The van der Waals surface area contributed by atoms with Gasteiger partial charge >= 0.3 is 0 Å². The number of nitrogen functional groups attached to an aromatic ring is 1. The summed E-state index contributed by atoms with van der Waals surface area (Å²) >= 11 is 9.03. The standard InChI is InChI=1S/C13H11BrClFN2O2S/c1-7-12(16)5-9(6-13(7)17)21(19,20)18-8-2-3-11(15)10(14)4-8/h2-6,18H,17H2,1H3. The van der Waals surface area contributed by atoms with Gasteiger partial charge in [-0.2, -0.15) is 0 Å². The Bertz CT molecular complexity index is 789. The third-order valence-electron chi connectivity index (χ3n) is 2.84. The van der Waals surface area contributed by atoms with Gasteiger partial charge in [-0.1, -0.05) is 11.6 Å². The van der Waals surface area contributed by atoms with Crippen molar-refractivity contribution in [3.63, 3.8) is 0 Å². The van der Waals surface area contributed by atoms with E-state index in [0.29, 0.717) is 15.2 Å². The van der Waals surface area contributed by atoms with Gasteiger partial charge in [0.05, 0.1) is 15.6 Å². The van der Waals surface area contributed by atoms with Crippen LogP contribution in [-0.2, 0) is 10.0 Å². The zero-order valence-electron chi connectivity index (χ0n) is 10.8. The van der Waals surface area contributed by atoms with Gasteiger partial charge in [0.25, 0.3) is 10.0 Å². The fourth-order valence-corrected chi connectivity index (χ4v) is 3.20. The van der Waals surface area contributed by atoms with Gasteiger partial charge in [-0.15, -0.1) is 0 Å². The summed E-state index contributed by atoms with van der Waals surface area (Å²) < 4.78 is 41.0. The Kier molecular flexibility index (Phi) is 4.46. The molecule has 0 saturated carbocycles. The quantitative estimate of drug-likeness (QED) is 0.776. The molecule has 0 aliphatic carbocycles. The fourth-order valence-electron chi connectivity index (χ4n) is 1.60. The molecule has 0 aliphatic rings. The van der Waals surface area contributed by atoms with Crippen molar-refractivity contribution in [2.24, 2.45) is 0 Å². The van der Waals surface area contributed by atoms with Gasteiger partial charge in [0.15, 0.2) is 0 Å². The minimum absolute atomic E-state index is 0.0765. The highest BCUT2D eigenvalue weighted by atomic mass is 79.9. The molecule has 112 valence electrons. The van der Waals surface area contributed by atoms with E-state index in [1.807, 2.05) is 0 Å². The van der Waals surface area contributed by atoms with E-state index in [4.69, 9.17) is 17.3 Å². The molecule has 2 aromatic carbocycles. The molecule has 0 atom stereocenters. The first-order chi connectivity index (χ1) is 9.70. The van der Waals surface area contributed by atoms with Crippen molar-refractivity contribution in [3.05, 3.63) is 51.2 Å². The second kappa shape index (κ2) is 5.82. The summed E-state index contributed by atoms with van der Waals surface area (Å²) in [7, 11) is -3.94. The number of sulfonamides is 1. The maximum Gasteiger partial charge on any atom is 0.262 e. The molecule has 21 heavy (non-hydrogen) atoms. The fraction of sp³-hybridized carbons (Fsp3) is 0.0769. The lowest BCUT2D eigenvalue weighted by Gasteiger charge is -2.11. The first kappa shape index (κ1) is 16.1. The molecule has 8 heteroatoms. The third kappa shape index (κ3) is 3.48. The van der Waals surface area contributed by atoms with Crippen molar-refractivity contribution in [3.8, 4) is 0 Å². The molecular formula is C13H11BrClFN2O2S. The molecule has 0 heterocycles. The van der Waals surface area contributed by atoms with Crippen molar-refractivity contribution in [2.45, 2.75) is 11.8 Å². The van der Waals surface area contributed by atoms with Crippen molar-refractivity contribution < 1.29 is 12.8 Å². The van der Waals surface area contributed by atoms with Crippen LogP contribution in [0.4, 0.5) is 15.8 Å². The summed E-state index contributed by atoms with van der Waals surface area (Å²) in [5.41, 5.74) is 6.18. The molecule has 2 aromatic rings. The molecule has 0 unspecified atom stereocenters. The number of nitrogens with two attached hydrogens (primary N) is 1. The molecular weight excluding hydrogens is 383 g/mol. The van der Waals surface area contributed by atoms with E-state index >= 15 is 0 Å². The third-order valence-corrected chi connectivity index (χ3v) is 5.41. The summed E-state index contributed by atoms with van der Waals surface area (Å²) in [6, 6.07) is 6.69. The molecule has 0 amide bonds. The van der Waals surface area contributed by atoms with Crippen LogP contribution in [0.25, 0.3) is 0 Å². The predicted octanol–water partition coefficient (Wildman–Crippen LogP) is 3.93. The van der Waals surface area contributed by atoms with Gasteiger partial charge in [-0.25, -0.2) is 12.8 Å². The first-order valence-electron chi connectivity index (χ1n) is 5.74. The molecule has 0 aromatic heterocycles. The van der Waals surface area contributed by atoms with Crippen molar-refractivity contribution >= 4 is 48.9 Å². The Hall–Kier alpha value is -1.31. The highest BCUT2D eigenvalue weighted by Crippen LogP contribution is 2.28. The van der Waals surface area contributed by atoms with Crippen molar-refractivity contribution in [2.75, 3.05) is 10.5 Å². The minimum atomic E-state index is -3.94. The first-order valence-corrected chi connectivity index (χ1v) is 8.39. The molecule has 4 nitrogen and oxygen atoms in total. The van der Waals surface area contributed by atoms with Gasteiger partial charge in [-0.3, -0.25) is 4.72 Å². The Morgan fingerprint density at radius 1 is 1.29 bits per heavy atom. The number of nitrogens with one attached hydrogen (secondary N) is 1. The summed E-state index contributed by atoms with van der Waals surface area (Å²) in [5.74, 6) is -0.673. The van der Waals surface area contributed by atoms with Gasteiger partial charge in [-0.05, 0) is 53.2 Å². The van der Waals surface area contributed by atoms with Crippen LogP contribution in [0.3, 0.4) is 0 Å². The van der Waals surface area contributed by atoms with Crippen LogP contribution in [0.2, 0.25) is 5.02 Å². The monoisotopic (exact) mass is 392 g/mol. The second-order valence-electron chi connectivity index (χ2n) is 4.35. The lowest BCUT2D eigenvalue weighted by atomic mass is 10.2. The maximum absolute atomic E-state index is 13.6. The lowest BCUT2D eigenvalue weighted by molar-refractivity contribution is 0.593. The van der Waals surface area contributed by atoms with Crippen LogP contribution >= 0.6 is 27.5 Å². The Labute approximate surface area is 135 Å². The highest BCUT2D eigenvalue weighted by Gasteiger charge is 2.18. The van der Waals surface area contributed by atoms with Crippen molar-refractivity contribution in [1.82, 2.24) is 0 Å². The molecule has 0 radical (unpaired) electrons. The Morgan fingerprint density at radius 3 is 2.52 bits per heavy atom. The van der Waals surface area contributed by atoms with Crippen LogP contribution in [0.1, 0.15) is 5.56 Å². The van der Waals surface area contributed by atoms with E-state index < -0.39 is 15.8 Å². The summed E-state index contributed by atoms with van der Waals surface area (Å²) in [6.45, 7) is 1.48. The Balaban J connectivity index is 2.40. The molecule has 0 aliphatic heterocycles. The van der Waals surface area contributed by atoms with Crippen LogP contribution in [-0.4, -0.2) is 8.42 Å². The zero-order valence-corrected chi connectivity index (χ0v) is 14.0. The number of hydrogen-bond donors (Lipinski definition) is 2. The highest BCUT2D eigenvalue weighted by molar-refractivity contribution is 9.10. The van der Waals surface area contributed by atoms with E-state index in [1.165, 1.54) is 31.2 Å². The normalized spacial score (nSPS) is 11.4. The molecule has 2 rings (SSSR count). The molecule has 0 saturated heterocycles. The van der Waals surface area contributed by atoms with Gasteiger partial charge in [0, 0.05) is 15.7 Å². The summed E-state index contributed by atoms with van der Waals surface area (Å²) in [5, 5.41) is 0.448. The van der Waals surface area contributed by atoms with Gasteiger partial charge in [0.1, 0.15) is 5.82 Å². The number of hydrogen-bond acceptors (Lipinski definition) is 3. The number of halogens is 3. The predicted molar refractivity (Wildman–Crippen MR) is 85.5 cm³/mol. The second-order valence-corrected chi connectivity index (χ2v) is 7.30. The largest absolute Gasteiger partial charge is 0.398 e. The maximum atomic E-state index is 13.6. The van der Waals surface area contributed by atoms with Crippen LogP contribution in [0.5, 0.6) is 0 Å². The van der Waals surface area contributed by atoms with E-state index in [-0.39, 0.29) is 16.1 Å². The smallest absolute Gasteiger partial charge is 0.262 e. The van der Waals surface area contributed by atoms with E-state index in [2.05, 4.69) is 20.7 Å². The summed E-state index contributed by atoms with van der Waals surface area (Å²) in [4.78, 5) is -0.242. The minimum Gasteiger partial charge on any atom is -0.398 e. The number of rotatable bonds is 3. The molecule has 0 spiro atoms. The molecule has 0 fully saturated rings. The average Bonchev–Trinajstić information content (AvgIpc) is 2.39. The zero-order chi connectivity index (χ0) is 15.8. The van der Waals surface area contributed by atoms with Gasteiger partial charge in [0.2, 0.25) is 0 Å². The van der Waals surface area contributed by atoms with E-state index in [1.54, 1.807) is 0 Å². The van der Waals surface area contributed by atoms with Crippen LogP contribution in [0.15, 0.2) is 39.7 Å². The SMILES string of the molecule is Cc1c(N)cc(S(=O)(=O)Nc2ccc(Cl)c(Br)c2)cc1F. The topological polar surface area (TPSA) is 72.2 Å². The Morgan fingerprint density at radius 2 is 1.95 bits per heavy atom. The van der Waals surface area contributed by atoms with Crippen LogP contribution in [0, 0.1) is 12.7 Å². The molecule has 3 N–H and O–H groups in total. The average molecular weight is 394 g/mol. The lowest BCUT2D eigenvalue weighted by Crippen LogP contribution is -2.14. The van der Waals surface area contributed by atoms with E-state index in [9.17, 15) is 12.8 Å². The van der Waals surface area contributed by atoms with Crippen LogP contribution < -0.4 is 10.5 Å². The number of anilines is 2. The summed E-state index contributed by atoms with van der Waals surface area (Å²) in [6.07, 6.45) is 0. The van der Waals surface area contributed by atoms with Crippen molar-refractivity contribution in [1.29, 1.82) is 0 Å². The van der Waals surface area contributed by atoms with Gasteiger partial charge < -0.3 is 5.73 Å².